The van der Waals surface area contributed by atoms with Gasteiger partial charge in [0.25, 0.3) is 11.8 Å². The molecule has 1 fully saturated rings. The first-order valence-electron chi connectivity index (χ1n) is 16.3. The van der Waals surface area contributed by atoms with Crippen LogP contribution in [0.15, 0.2) is 42.5 Å². The zero-order chi connectivity index (χ0) is 33.7. The van der Waals surface area contributed by atoms with Crippen LogP contribution in [0.4, 0.5) is 0 Å². The van der Waals surface area contributed by atoms with Crippen molar-refractivity contribution < 1.29 is 33.4 Å². The average molecular weight is 636 g/mol. The third-order valence-electron chi connectivity index (χ3n) is 8.68. The van der Waals surface area contributed by atoms with Crippen molar-refractivity contribution in [2.24, 2.45) is 5.73 Å². The van der Waals surface area contributed by atoms with Gasteiger partial charge in [-0.25, -0.2) is 4.79 Å². The molecule has 3 atom stereocenters. The molecular formula is C36H49N3O7. The topological polar surface area (TPSA) is 145 Å². The van der Waals surface area contributed by atoms with Gasteiger partial charge in [0.15, 0.2) is 6.61 Å². The molecule has 10 heteroatoms. The number of esters is 1. The minimum absolute atomic E-state index is 0.185. The fourth-order valence-electron chi connectivity index (χ4n) is 5.31. The minimum Gasteiger partial charge on any atom is -0.484 e. The van der Waals surface area contributed by atoms with E-state index in [0.29, 0.717) is 69.2 Å². The van der Waals surface area contributed by atoms with Crippen molar-refractivity contribution in [3.8, 4) is 5.75 Å². The van der Waals surface area contributed by atoms with Crippen molar-refractivity contribution >= 4 is 29.9 Å². The Kier molecular flexibility index (Phi) is 13.9. The largest absolute Gasteiger partial charge is 0.484 e. The Morgan fingerprint density at radius 3 is 2.59 bits per heavy atom. The summed E-state index contributed by atoms with van der Waals surface area (Å²) in [6.07, 6.45) is 5.26. The van der Waals surface area contributed by atoms with Crippen LogP contribution in [0, 0.1) is 13.8 Å². The molecule has 3 unspecified atom stereocenters. The quantitative estimate of drug-likeness (QED) is 0.112. The van der Waals surface area contributed by atoms with Crippen molar-refractivity contribution in [2.45, 2.75) is 103 Å². The van der Waals surface area contributed by atoms with Crippen LogP contribution in [0.2, 0.25) is 0 Å². The van der Waals surface area contributed by atoms with Crippen molar-refractivity contribution in [1.29, 1.82) is 0 Å². The number of hydrogen-bond donors (Lipinski definition) is 2. The molecule has 1 aliphatic heterocycles. The van der Waals surface area contributed by atoms with Crippen molar-refractivity contribution in [3.63, 3.8) is 0 Å². The van der Waals surface area contributed by atoms with Gasteiger partial charge in [-0.15, -0.1) is 0 Å². The Morgan fingerprint density at radius 2 is 1.87 bits per heavy atom. The molecule has 3 N–H and O–H groups in total. The number of aryl methyl sites for hydroxylation is 3. The number of Topliss-reactive ketones (excluding diaryl/α,β-unsaturated/α-hetero) is 1. The SMILES string of the molecule is CCC(C)(N)C(=O)C(=O)N1CCCCC1C(=O)OC(CCc1ccc(C)c(C)c1)c1cccc(OCC(=O)NCCCCC=O)c1. The highest BCUT2D eigenvalue weighted by molar-refractivity contribution is 6.39. The van der Waals surface area contributed by atoms with E-state index in [1.54, 1.807) is 25.1 Å². The molecule has 0 radical (unpaired) electrons. The Bertz CT molecular complexity index is 1370. The van der Waals surface area contributed by atoms with Crippen LogP contribution in [-0.4, -0.2) is 66.0 Å². The number of piperidine rings is 1. The lowest BCUT2D eigenvalue weighted by atomic mass is 9.92. The maximum absolute atomic E-state index is 13.8. The van der Waals surface area contributed by atoms with E-state index in [0.717, 1.165) is 18.3 Å². The highest BCUT2D eigenvalue weighted by Gasteiger charge is 2.41. The van der Waals surface area contributed by atoms with E-state index in [9.17, 15) is 24.0 Å². The third-order valence-corrected chi connectivity index (χ3v) is 8.68. The smallest absolute Gasteiger partial charge is 0.329 e. The number of unbranched alkanes of at least 4 members (excludes halogenated alkanes) is 2. The number of nitrogens with zero attached hydrogens (tertiary/aromatic N) is 1. The molecule has 3 rings (SSSR count). The maximum Gasteiger partial charge on any atom is 0.329 e. The number of nitrogens with two attached hydrogens (primary N) is 1. The van der Waals surface area contributed by atoms with Gasteiger partial charge in [0, 0.05) is 19.5 Å². The first-order chi connectivity index (χ1) is 22.0. The molecule has 0 saturated carbocycles. The third kappa shape index (κ3) is 10.5. The summed E-state index contributed by atoms with van der Waals surface area (Å²) >= 11 is 0. The molecule has 2 amide bonds. The zero-order valence-electron chi connectivity index (χ0n) is 27.6. The lowest BCUT2D eigenvalue weighted by Crippen LogP contribution is -2.57. The molecule has 46 heavy (non-hydrogen) atoms. The number of carbonyl (C=O) groups is 5. The Labute approximate surface area is 272 Å². The summed E-state index contributed by atoms with van der Waals surface area (Å²) in [6.45, 7) is 7.94. The van der Waals surface area contributed by atoms with Crippen LogP contribution in [0.5, 0.6) is 5.75 Å². The number of hydrogen-bond acceptors (Lipinski definition) is 8. The van der Waals surface area contributed by atoms with E-state index in [1.165, 1.54) is 23.0 Å². The number of ether oxygens (including phenoxy) is 2. The summed E-state index contributed by atoms with van der Waals surface area (Å²) < 4.78 is 11.9. The summed E-state index contributed by atoms with van der Waals surface area (Å²) in [4.78, 5) is 64.0. The minimum atomic E-state index is -1.31. The van der Waals surface area contributed by atoms with Gasteiger partial charge in [0.05, 0.1) is 5.54 Å². The summed E-state index contributed by atoms with van der Waals surface area (Å²) in [5.41, 5.74) is 8.93. The highest BCUT2D eigenvalue weighted by atomic mass is 16.5. The number of rotatable bonds is 17. The fraction of sp³-hybridized carbons (Fsp3) is 0.528. The van der Waals surface area contributed by atoms with E-state index in [-0.39, 0.29) is 19.1 Å². The Hall–Kier alpha value is -4.05. The predicted octanol–water partition coefficient (Wildman–Crippen LogP) is 4.46. The monoisotopic (exact) mass is 635 g/mol. The number of nitrogens with one attached hydrogen (secondary N) is 1. The summed E-state index contributed by atoms with van der Waals surface area (Å²) in [5, 5.41) is 2.78. The molecule has 1 heterocycles. The van der Waals surface area contributed by atoms with E-state index in [4.69, 9.17) is 15.2 Å². The highest BCUT2D eigenvalue weighted by Crippen LogP contribution is 2.30. The predicted molar refractivity (Wildman–Crippen MR) is 175 cm³/mol. The summed E-state index contributed by atoms with van der Waals surface area (Å²) in [7, 11) is 0. The molecule has 0 bridgehead atoms. The Morgan fingerprint density at radius 1 is 1.09 bits per heavy atom. The van der Waals surface area contributed by atoms with Crippen molar-refractivity contribution in [2.75, 3.05) is 19.7 Å². The molecule has 1 aliphatic rings. The van der Waals surface area contributed by atoms with Gasteiger partial charge in [0.1, 0.15) is 24.2 Å². The van der Waals surface area contributed by atoms with Crippen molar-refractivity contribution in [3.05, 3.63) is 64.7 Å². The van der Waals surface area contributed by atoms with Gasteiger partial charge in [-0.3, -0.25) is 14.4 Å². The second-order valence-corrected chi connectivity index (χ2v) is 12.4. The second-order valence-electron chi connectivity index (χ2n) is 12.4. The number of amides is 2. The number of carbonyl (C=O) groups excluding carboxylic acids is 5. The van der Waals surface area contributed by atoms with Crippen LogP contribution < -0.4 is 15.8 Å². The van der Waals surface area contributed by atoms with Crippen LogP contribution >= 0.6 is 0 Å². The molecule has 2 aromatic rings. The first-order valence-corrected chi connectivity index (χ1v) is 16.3. The van der Waals surface area contributed by atoms with E-state index in [2.05, 4.69) is 37.4 Å². The number of ketones is 1. The first kappa shape index (κ1) is 36.4. The molecule has 10 nitrogen and oxygen atoms in total. The maximum atomic E-state index is 13.8. The molecule has 250 valence electrons. The lowest BCUT2D eigenvalue weighted by molar-refractivity contribution is -0.164. The lowest BCUT2D eigenvalue weighted by Gasteiger charge is -2.36. The number of benzene rings is 2. The van der Waals surface area contributed by atoms with Crippen LogP contribution in [0.25, 0.3) is 0 Å². The molecule has 0 aliphatic carbocycles. The average Bonchev–Trinajstić information content (AvgIpc) is 3.06. The fourth-order valence-corrected chi connectivity index (χ4v) is 5.31. The van der Waals surface area contributed by atoms with Gasteiger partial charge in [0.2, 0.25) is 5.78 Å². The molecular weight excluding hydrogens is 586 g/mol. The van der Waals surface area contributed by atoms with Gasteiger partial charge in [-0.1, -0.05) is 37.3 Å². The standard InChI is InChI=1S/C36H49N3O7/c1-5-36(4,37)33(42)34(43)39-20-9-7-14-30(39)35(44)46-31(18-17-27-16-15-25(2)26(3)22-27)28-12-11-13-29(23-28)45-24-32(41)38-19-8-6-10-21-40/h11-13,15-16,21-23,30-31H,5-10,14,17-20,24,37H2,1-4H3,(H,38,41). The van der Waals surface area contributed by atoms with E-state index < -0.39 is 35.3 Å². The zero-order valence-corrected chi connectivity index (χ0v) is 27.6. The summed E-state index contributed by atoms with van der Waals surface area (Å²) in [6, 6.07) is 12.5. The number of aldehydes is 1. The van der Waals surface area contributed by atoms with Crippen molar-refractivity contribution in [1.82, 2.24) is 10.2 Å². The molecule has 2 aromatic carbocycles. The van der Waals surface area contributed by atoms with Crippen LogP contribution in [0.3, 0.4) is 0 Å². The van der Waals surface area contributed by atoms with Gasteiger partial charge in [-0.05, 0) is 107 Å². The molecule has 1 saturated heterocycles. The van der Waals surface area contributed by atoms with E-state index in [1.807, 2.05) is 6.07 Å². The summed E-state index contributed by atoms with van der Waals surface area (Å²) in [5.74, 6) is -1.86. The van der Waals surface area contributed by atoms with Crippen LogP contribution in [0.1, 0.15) is 93.6 Å². The Balaban J connectivity index is 1.78. The normalized spacial score (nSPS) is 16.5. The molecule has 0 aromatic heterocycles. The van der Waals surface area contributed by atoms with E-state index >= 15 is 0 Å². The van der Waals surface area contributed by atoms with Crippen LogP contribution in [-0.2, 0) is 35.1 Å². The number of likely N-dealkylation sites (tertiary alicyclic amines) is 1. The van der Waals surface area contributed by atoms with Gasteiger partial charge < -0.3 is 30.2 Å². The van der Waals surface area contributed by atoms with Gasteiger partial charge in [-0.2, -0.15) is 0 Å². The molecule has 0 spiro atoms. The van der Waals surface area contributed by atoms with Gasteiger partial charge >= 0.3 is 5.97 Å². The second kappa shape index (κ2) is 17.6.